The topological polar surface area (TPSA) is 50.2 Å². The van der Waals surface area contributed by atoms with E-state index >= 15 is 0 Å². The van der Waals surface area contributed by atoms with E-state index in [1.165, 1.54) is 0 Å². The van der Waals surface area contributed by atoms with Crippen LogP contribution in [0, 0.1) is 0 Å². The molecule has 1 fully saturated rings. The van der Waals surface area contributed by atoms with E-state index in [9.17, 15) is 4.79 Å². The molecule has 0 aliphatic carbocycles. The van der Waals surface area contributed by atoms with Crippen molar-refractivity contribution in [3.8, 4) is 0 Å². The molecule has 1 amide bonds. The van der Waals surface area contributed by atoms with Gasteiger partial charge in [0.15, 0.2) is 0 Å². The lowest BCUT2D eigenvalue weighted by Crippen LogP contribution is -2.44. The van der Waals surface area contributed by atoms with Crippen LogP contribution >= 0.6 is 11.8 Å². The lowest BCUT2D eigenvalue weighted by atomic mass is 10.0. The molecule has 5 nitrogen and oxygen atoms in total. The third-order valence-electron chi connectivity index (χ3n) is 4.34. The van der Waals surface area contributed by atoms with Crippen molar-refractivity contribution in [2.24, 2.45) is 7.05 Å². The lowest BCUT2D eigenvalue weighted by molar-refractivity contribution is -0.126. The average Bonchev–Trinajstić information content (AvgIpc) is 3.02. The molecule has 1 saturated heterocycles. The summed E-state index contributed by atoms with van der Waals surface area (Å²) < 4.78 is 1.99. The fraction of sp³-hybridized carbons (Fsp3) is 0.444. The average molecular weight is 344 g/mol. The largest absolute Gasteiger partial charge is 0.354 e. The summed E-state index contributed by atoms with van der Waals surface area (Å²) >= 11 is 1.96. The Morgan fingerprint density at radius 2 is 2.04 bits per heavy atom. The number of rotatable bonds is 6. The Kier molecular flexibility index (Phi) is 5.93. The number of nitrogens with zero attached hydrogens (tertiary/aromatic N) is 3. The molecule has 0 saturated carbocycles. The molecule has 0 radical (unpaired) electrons. The van der Waals surface area contributed by atoms with Crippen LogP contribution in [0.5, 0.6) is 0 Å². The number of carbonyl (C=O) groups excluding carboxylic acids is 1. The summed E-state index contributed by atoms with van der Waals surface area (Å²) in [6.45, 7) is 2.52. The van der Waals surface area contributed by atoms with Crippen LogP contribution < -0.4 is 5.32 Å². The lowest BCUT2D eigenvalue weighted by Gasteiger charge is -2.33. The first-order valence-electron chi connectivity index (χ1n) is 8.36. The van der Waals surface area contributed by atoms with Crippen LogP contribution in [0.2, 0.25) is 0 Å². The molecule has 24 heavy (non-hydrogen) atoms. The van der Waals surface area contributed by atoms with Gasteiger partial charge in [-0.3, -0.25) is 9.69 Å². The predicted octanol–water partition coefficient (Wildman–Crippen LogP) is 1.87. The standard InChI is InChI=1S/C18H24N4OS/c1-21-10-9-19-16(21)7-8-20-18(23)17(15-5-3-2-4-6-15)22-11-13-24-14-12-22/h2-6,9-10,17H,7-8,11-14H2,1H3,(H,20,23). The Morgan fingerprint density at radius 1 is 1.29 bits per heavy atom. The van der Waals surface area contributed by atoms with Gasteiger partial charge in [0.25, 0.3) is 0 Å². The first-order valence-corrected chi connectivity index (χ1v) is 9.52. The summed E-state index contributed by atoms with van der Waals surface area (Å²) in [5.74, 6) is 3.25. The van der Waals surface area contributed by atoms with Crippen molar-refractivity contribution >= 4 is 17.7 Å². The number of carbonyl (C=O) groups is 1. The number of aromatic nitrogens is 2. The monoisotopic (exact) mass is 344 g/mol. The maximum absolute atomic E-state index is 12.9. The zero-order valence-corrected chi connectivity index (χ0v) is 14.8. The first-order chi connectivity index (χ1) is 11.8. The minimum absolute atomic E-state index is 0.0855. The molecule has 1 aliphatic heterocycles. The Labute approximate surface area is 147 Å². The van der Waals surface area contributed by atoms with E-state index in [-0.39, 0.29) is 11.9 Å². The smallest absolute Gasteiger partial charge is 0.241 e. The molecule has 128 valence electrons. The van der Waals surface area contributed by atoms with Gasteiger partial charge in [0.1, 0.15) is 11.9 Å². The summed E-state index contributed by atoms with van der Waals surface area (Å²) in [5, 5.41) is 3.10. The minimum atomic E-state index is -0.200. The Hall–Kier alpha value is -1.79. The number of hydrogen-bond acceptors (Lipinski definition) is 4. The second-order valence-corrected chi connectivity index (χ2v) is 7.18. The molecule has 1 N–H and O–H groups in total. The molecule has 1 aliphatic rings. The van der Waals surface area contributed by atoms with E-state index < -0.39 is 0 Å². The zero-order valence-electron chi connectivity index (χ0n) is 14.0. The molecule has 1 aromatic heterocycles. The van der Waals surface area contributed by atoms with Gasteiger partial charge in [-0.25, -0.2) is 4.98 Å². The third-order valence-corrected chi connectivity index (χ3v) is 5.29. The number of aryl methyl sites for hydroxylation is 1. The number of hydrogen-bond donors (Lipinski definition) is 1. The minimum Gasteiger partial charge on any atom is -0.354 e. The van der Waals surface area contributed by atoms with Crippen LogP contribution in [0.4, 0.5) is 0 Å². The molecular formula is C18H24N4OS. The van der Waals surface area contributed by atoms with Gasteiger partial charge in [0.2, 0.25) is 5.91 Å². The second-order valence-electron chi connectivity index (χ2n) is 5.96. The van der Waals surface area contributed by atoms with Crippen molar-refractivity contribution in [3.05, 3.63) is 54.1 Å². The molecule has 2 heterocycles. The van der Waals surface area contributed by atoms with Crippen molar-refractivity contribution in [2.75, 3.05) is 31.1 Å². The van der Waals surface area contributed by atoms with Gasteiger partial charge in [-0.05, 0) is 5.56 Å². The van der Waals surface area contributed by atoms with Gasteiger partial charge in [-0.1, -0.05) is 30.3 Å². The van der Waals surface area contributed by atoms with Gasteiger partial charge in [-0.15, -0.1) is 0 Å². The van der Waals surface area contributed by atoms with E-state index in [0.29, 0.717) is 6.54 Å². The van der Waals surface area contributed by atoms with Crippen LogP contribution in [0.15, 0.2) is 42.7 Å². The predicted molar refractivity (Wildman–Crippen MR) is 98.0 cm³/mol. The SMILES string of the molecule is Cn1ccnc1CCNC(=O)C(c1ccccc1)N1CCSCC1. The number of nitrogens with one attached hydrogen (secondary N) is 1. The summed E-state index contributed by atoms with van der Waals surface area (Å²) in [7, 11) is 1.97. The van der Waals surface area contributed by atoms with Gasteiger partial charge in [0, 0.05) is 57.0 Å². The number of amides is 1. The van der Waals surface area contributed by atoms with Crippen LogP contribution in [-0.2, 0) is 18.3 Å². The first kappa shape index (κ1) is 17.0. The summed E-state index contributed by atoms with van der Waals surface area (Å²) in [6, 6.07) is 9.89. The van der Waals surface area contributed by atoms with Gasteiger partial charge < -0.3 is 9.88 Å². The molecule has 2 aromatic rings. The summed E-state index contributed by atoms with van der Waals surface area (Å²) in [6.07, 6.45) is 4.46. The van der Waals surface area contributed by atoms with Gasteiger partial charge in [0.05, 0.1) is 0 Å². The summed E-state index contributed by atoms with van der Waals surface area (Å²) in [5.41, 5.74) is 1.07. The fourth-order valence-electron chi connectivity index (χ4n) is 3.03. The highest BCUT2D eigenvalue weighted by Gasteiger charge is 2.28. The molecule has 0 spiro atoms. The Bertz CT molecular complexity index is 652. The van der Waals surface area contributed by atoms with E-state index in [0.717, 1.165) is 42.4 Å². The van der Waals surface area contributed by atoms with Crippen LogP contribution in [-0.4, -0.2) is 51.5 Å². The third kappa shape index (κ3) is 4.19. The Balaban J connectivity index is 1.65. The van der Waals surface area contributed by atoms with Crippen LogP contribution in [0.25, 0.3) is 0 Å². The molecule has 3 rings (SSSR count). The van der Waals surface area contributed by atoms with Gasteiger partial charge in [-0.2, -0.15) is 11.8 Å². The van der Waals surface area contributed by atoms with E-state index in [1.807, 2.05) is 59.9 Å². The van der Waals surface area contributed by atoms with Gasteiger partial charge >= 0.3 is 0 Å². The van der Waals surface area contributed by atoms with Crippen molar-refractivity contribution < 1.29 is 4.79 Å². The number of imidazole rings is 1. The molecule has 0 bridgehead atoms. The second kappa shape index (κ2) is 8.35. The molecular weight excluding hydrogens is 320 g/mol. The Morgan fingerprint density at radius 3 is 2.71 bits per heavy atom. The summed E-state index contributed by atoms with van der Waals surface area (Å²) in [4.78, 5) is 19.5. The highest BCUT2D eigenvalue weighted by Crippen LogP contribution is 2.24. The molecule has 6 heteroatoms. The molecule has 1 unspecified atom stereocenters. The molecule has 1 aromatic carbocycles. The highest BCUT2D eigenvalue weighted by molar-refractivity contribution is 7.99. The van der Waals surface area contributed by atoms with Crippen molar-refractivity contribution in [1.82, 2.24) is 19.8 Å². The quantitative estimate of drug-likeness (QED) is 0.869. The van der Waals surface area contributed by atoms with Crippen molar-refractivity contribution in [2.45, 2.75) is 12.5 Å². The normalized spacial score (nSPS) is 16.7. The maximum Gasteiger partial charge on any atom is 0.241 e. The fourth-order valence-corrected chi connectivity index (χ4v) is 3.96. The molecule has 1 atom stereocenters. The zero-order chi connectivity index (χ0) is 16.8. The van der Waals surface area contributed by atoms with Crippen molar-refractivity contribution in [1.29, 1.82) is 0 Å². The van der Waals surface area contributed by atoms with E-state index in [4.69, 9.17) is 0 Å². The van der Waals surface area contributed by atoms with E-state index in [1.54, 1.807) is 6.20 Å². The van der Waals surface area contributed by atoms with Crippen LogP contribution in [0.3, 0.4) is 0 Å². The van der Waals surface area contributed by atoms with Crippen LogP contribution in [0.1, 0.15) is 17.4 Å². The maximum atomic E-state index is 12.9. The number of thioether (sulfide) groups is 1. The number of benzene rings is 1. The van der Waals surface area contributed by atoms with E-state index in [2.05, 4.69) is 15.2 Å². The highest BCUT2D eigenvalue weighted by atomic mass is 32.2. The van der Waals surface area contributed by atoms with Crippen molar-refractivity contribution in [3.63, 3.8) is 0 Å².